The number of hydrogen-bond donors (Lipinski definition) is 3. The lowest BCUT2D eigenvalue weighted by atomic mass is 10.0. The Morgan fingerprint density at radius 3 is 2.86 bits per heavy atom. The molecule has 2 aromatic rings. The molecule has 3 heterocycles. The summed E-state index contributed by atoms with van der Waals surface area (Å²) in [6.45, 7) is 5.21. The largest absolute Gasteiger partial charge is 0.384 e. The van der Waals surface area contributed by atoms with Crippen LogP contribution in [0.4, 0.5) is 17.6 Å². The summed E-state index contributed by atoms with van der Waals surface area (Å²) in [6.07, 6.45) is 4.00. The summed E-state index contributed by atoms with van der Waals surface area (Å²) < 4.78 is 0. The Balaban J connectivity index is 1.90. The van der Waals surface area contributed by atoms with Crippen molar-refractivity contribution in [3.05, 3.63) is 35.2 Å². The first-order valence-corrected chi connectivity index (χ1v) is 9.38. The molecule has 3 rings (SSSR count). The van der Waals surface area contributed by atoms with Gasteiger partial charge in [-0.2, -0.15) is 4.98 Å². The number of nitrogens with one attached hydrogen (secondary N) is 1. The van der Waals surface area contributed by atoms with E-state index in [-0.39, 0.29) is 17.9 Å². The zero-order valence-corrected chi connectivity index (χ0v) is 16.2. The van der Waals surface area contributed by atoms with Gasteiger partial charge < -0.3 is 21.7 Å². The third kappa shape index (κ3) is 4.68. The van der Waals surface area contributed by atoms with Crippen molar-refractivity contribution in [2.24, 2.45) is 0 Å². The Morgan fingerprint density at radius 1 is 1.32 bits per heavy atom. The van der Waals surface area contributed by atoms with Gasteiger partial charge in [0.2, 0.25) is 11.9 Å². The highest BCUT2D eigenvalue weighted by molar-refractivity contribution is 5.76. The first kappa shape index (κ1) is 19.4. The normalized spacial score (nSPS) is 16.2. The Labute approximate surface area is 164 Å². The quantitative estimate of drug-likeness (QED) is 0.686. The Bertz CT molecular complexity index is 915. The second kappa shape index (κ2) is 8.57. The molecule has 1 aliphatic heterocycles. The number of carbonyl (C=O) groups is 1. The van der Waals surface area contributed by atoms with Crippen LogP contribution in [0.2, 0.25) is 0 Å². The van der Waals surface area contributed by atoms with E-state index in [0.717, 1.165) is 36.2 Å². The van der Waals surface area contributed by atoms with Crippen molar-refractivity contribution >= 4 is 23.5 Å². The number of hydrogen-bond acceptors (Lipinski definition) is 7. The minimum Gasteiger partial charge on any atom is -0.384 e. The monoisotopic (exact) mass is 379 g/mol. The number of nitrogens with zero attached hydrogens (tertiary/aromatic N) is 4. The summed E-state index contributed by atoms with van der Waals surface area (Å²) in [5.74, 6) is 7.69. The van der Waals surface area contributed by atoms with Crippen molar-refractivity contribution in [1.29, 1.82) is 0 Å². The van der Waals surface area contributed by atoms with Crippen LogP contribution in [0.15, 0.2) is 18.3 Å². The first-order valence-electron chi connectivity index (χ1n) is 9.38. The van der Waals surface area contributed by atoms with E-state index in [4.69, 9.17) is 11.5 Å². The highest BCUT2D eigenvalue weighted by atomic mass is 16.1. The summed E-state index contributed by atoms with van der Waals surface area (Å²) in [4.78, 5) is 26.7. The van der Waals surface area contributed by atoms with Gasteiger partial charge in [0.25, 0.3) is 0 Å². The summed E-state index contributed by atoms with van der Waals surface area (Å²) >= 11 is 0. The van der Waals surface area contributed by atoms with E-state index in [2.05, 4.69) is 37.0 Å². The fraction of sp³-hybridized carbons (Fsp3) is 0.400. The number of rotatable bonds is 3. The zero-order valence-electron chi connectivity index (χ0n) is 16.2. The van der Waals surface area contributed by atoms with Gasteiger partial charge in [-0.15, -0.1) is 0 Å². The van der Waals surface area contributed by atoms with Gasteiger partial charge in [0.15, 0.2) is 0 Å². The lowest BCUT2D eigenvalue weighted by Crippen LogP contribution is -2.48. The third-order valence-corrected chi connectivity index (χ3v) is 4.61. The van der Waals surface area contributed by atoms with Gasteiger partial charge in [0, 0.05) is 37.3 Å². The maximum atomic E-state index is 11.8. The van der Waals surface area contributed by atoms with Crippen molar-refractivity contribution in [2.75, 3.05) is 29.5 Å². The SMILES string of the molecule is CCC(=O)NC1CCCN(c2nc(N)nc(C)c2C#Cc2ccc(N)nc2)C1. The van der Waals surface area contributed by atoms with Gasteiger partial charge in [-0.05, 0) is 31.9 Å². The zero-order chi connectivity index (χ0) is 20.1. The van der Waals surface area contributed by atoms with E-state index in [9.17, 15) is 4.79 Å². The second-order valence-corrected chi connectivity index (χ2v) is 6.79. The van der Waals surface area contributed by atoms with Gasteiger partial charge in [0.05, 0.1) is 11.3 Å². The smallest absolute Gasteiger partial charge is 0.222 e. The Hall–Kier alpha value is -3.34. The molecule has 8 nitrogen and oxygen atoms in total. The molecule has 0 aliphatic carbocycles. The van der Waals surface area contributed by atoms with E-state index in [1.807, 2.05) is 19.9 Å². The van der Waals surface area contributed by atoms with Crippen LogP contribution in [0, 0.1) is 18.8 Å². The van der Waals surface area contributed by atoms with E-state index in [1.54, 1.807) is 12.3 Å². The summed E-state index contributed by atoms with van der Waals surface area (Å²) in [5.41, 5.74) is 13.7. The number of amides is 1. The second-order valence-electron chi connectivity index (χ2n) is 6.79. The molecular formula is C20H25N7O. The topological polar surface area (TPSA) is 123 Å². The lowest BCUT2D eigenvalue weighted by molar-refractivity contribution is -0.121. The van der Waals surface area contributed by atoms with Crippen LogP contribution >= 0.6 is 0 Å². The van der Waals surface area contributed by atoms with E-state index >= 15 is 0 Å². The molecule has 2 aromatic heterocycles. The fourth-order valence-electron chi connectivity index (χ4n) is 3.19. The Morgan fingerprint density at radius 2 is 2.14 bits per heavy atom. The van der Waals surface area contributed by atoms with Crippen LogP contribution in [0.25, 0.3) is 0 Å². The number of aromatic nitrogens is 3. The number of pyridine rings is 1. The average Bonchev–Trinajstić information content (AvgIpc) is 2.68. The molecule has 0 saturated carbocycles. The molecular weight excluding hydrogens is 354 g/mol. The standard InChI is InChI=1S/C20H25N7O/c1-3-18(28)25-15-5-4-10-27(12-15)19-16(13(2)24-20(22)26-19)8-6-14-7-9-17(21)23-11-14/h7,9,11,15H,3-5,10,12H2,1-2H3,(H2,21,23)(H,25,28)(H2,22,24,26). The maximum absolute atomic E-state index is 11.8. The number of nitrogens with two attached hydrogens (primary N) is 2. The van der Waals surface area contributed by atoms with Crippen LogP contribution in [0.1, 0.15) is 43.0 Å². The number of aryl methyl sites for hydroxylation is 1. The van der Waals surface area contributed by atoms with Crippen LogP contribution in [-0.2, 0) is 4.79 Å². The summed E-state index contributed by atoms with van der Waals surface area (Å²) in [7, 11) is 0. The van der Waals surface area contributed by atoms with Crippen LogP contribution in [0.5, 0.6) is 0 Å². The van der Waals surface area contributed by atoms with Gasteiger partial charge >= 0.3 is 0 Å². The number of carbonyl (C=O) groups excluding carboxylic acids is 1. The van der Waals surface area contributed by atoms with Gasteiger partial charge in [-0.3, -0.25) is 4.79 Å². The number of piperidine rings is 1. The van der Waals surface area contributed by atoms with Gasteiger partial charge in [0.1, 0.15) is 11.6 Å². The van der Waals surface area contributed by atoms with Crippen molar-refractivity contribution in [1.82, 2.24) is 20.3 Å². The van der Waals surface area contributed by atoms with Crippen LogP contribution in [0.3, 0.4) is 0 Å². The molecule has 1 saturated heterocycles. The van der Waals surface area contributed by atoms with Crippen LogP contribution < -0.4 is 21.7 Å². The third-order valence-electron chi connectivity index (χ3n) is 4.61. The predicted molar refractivity (Wildman–Crippen MR) is 109 cm³/mol. The van der Waals surface area contributed by atoms with E-state index in [1.165, 1.54) is 0 Å². The molecule has 0 aromatic carbocycles. The minimum atomic E-state index is 0.0566. The molecule has 0 radical (unpaired) electrons. The summed E-state index contributed by atoms with van der Waals surface area (Å²) in [6, 6.07) is 3.61. The van der Waals surface area contributed by atoms with Crippen LogP contribution in [-0.4, -0.2) is 40.0 Å². The molecule has 8 heteroatoms. The molecule has 146 valence electrons. The van der Waals surface area contributed by atoms with Gasteiger partial charge in [-0.25, -0.2) is 9.97 Å². The molecule has 28 heavy (non-hydrogen) atoms. The van der Waals surface area contributed by atoms with Crippen molar-refractivity contribution in [3.63, 3.8) is 0 Å². The number of nitrogen functional groups attached to an aromatic ring is 2. The molecule has 1 atom stereocenters. The predicted octanol–water partition coefficient (Wildman–Crippen LogP) is 1.24. The maximum Gasteiger partial charge on any atom is 0.222 e. The molecule has 0 bridgehead atoms. The first-order chi connectivity index (χ1) is 13.5. The van der Waals surface area contributed by atoms with Gasteiger partial charge in [-0.1, -0.05) is 18.8 Å². The van der Waals surface area contributed by atoms with Crippen molar-refractivity contribution in [3.8, 4) is 11.8 Å². The Kier molecular flexibility index (Phi) is 5.94. The molecule has 1 amide bonds. The van der Waals surface area contributed by atoms with E-state index in [0.29, 0.717) is 24.6 Å². The number of anilines is 3. The highest BCUT2D eigenvalue weighted by Gasteiger charge is 2.24. The highest BCUT2D eigenvalue weighted by Crippen LogP contribution is 2.24. The molecule has 1 fully saturated rings. The molecule has 1 aliphatic rings. The van der Waals surface area contributed by atoms with Crippen molar-refractivity contribution in [2.45, 2.75) is 39.2 Å². The summed E-state index contributed by atoms with van der Waals surface area (Å²) in [5, 5.41) is 3.07. The van der Waals surface area contributed by atoms with E-state index < -0.39 is 0 Å². The average molecular weight is 379 g/mol. The minimum absolute atomic E-state index is 0.0566. The lowest BCUT2D eigenvalue weighted by Gasteiger charge is -2.34. The molecule has 5 N–H and O–H groups in total. The molecule has 0 spiro atoms. The fourth-order valence-corrected chi connectivity index (χ4v) is 3.19. The molecule has 1 unspecified atom stereocenters. The van der Waals surface area contributed by atoms with Crippen molar-refractivity contribution < 1.29 is 4.79 Å².